The number of amides is 1. The Balaban J connectivity index is 1.70. The van der Waals surface area contributed by atoms with Crippen LogP contribution in [-0.2, 0) is 14.8 Å². The molecular formula is C22H26Cl2N2O4S. The molecule has 0 atom stereocenters. The zero-order valence-electron chi connectivity index (χ0n) is 17.7. The number of nitrogens with one attached hydrogen (secondary N) is 1. The average Bonchev–Trinajstić information content (AvgIpc) is 2.75. The maximum atomic E-state index is 13.3. The van der Waals surface area contributed by atoms with E-state index in [4.69, 9.17) is 27.9 Å². The molecule has 3 rings (SSSR count). The summed E-state index contributed by atoms with van der Waals surface area (Å²) < 4.78 is 33.3. The average molecular weight is 485 g/mol. The van der Waals surface area contributed by atoms with Crippen molar-refractivity contribution in [2.75, 3.05) is 25.5 Å². The lowest BCUT2D eigenvalue weighted by Gasteiger charge is -2.31. The molecule has 1 aliphatic heterocycles. The van der Waals surface area contributed by atoms with E-state index >= 15 is 0 Å². The maximum Gasteiger partial charge on any atom is 0.246 e. The monoisotopic (exact) mass is 484 g/mol. The molecule has 1 heterocycles. The van der Waals surface area contributed by atoms with Gasteiger partial charge in [0.2, 0.25) is 15.9 Å². The number of carbonyl (C=O) groups excluding carboxylic acids is 1. The van der Waals surface area contributed by atoms with Gasteiger partial charge in [-0.15, -0.1) is 0 Å². The summed E-state index contributed by atoms with van der Waals surface area (Å²) in [6.45, 7) is 4.54. The minimum atomic E-state index is -3.73. The number of halogens is 2. The van der Waals surface area contributed by atoms with Gasteiger partial charge < -0.3 is 10.1 Å². The molecule has 1 N–H and O–H groups in total. The van der Waals surface area contributed by atoms with Gasteiger partial charge in [-0.05, 0) is 54.7 Å². The highest BCUT2D eigenvalue weighted by Gasteiger charge is 2.34. The maximum absolute atomic E-state index is 13.3. The summed E-state index contributed by atoms with van der Waals surface area (Å²) in [6, 6.07) is 10.1. The number of anilines is 1. The molecule has 2 aromatic rings. The summed E-state index contributed by atoms with van der Waals surface area (Å²) in [4.78, 5) is 12.8. The lowest BCUT2D eigenvalue weighted by molar-refractivity contribution is -0.120. The Bertz CT molecular complexity index is 1070. The van der Waals surface area contributed by atoms with Gasteiger partial charge in [-0.2, -0.15) is 4.31 Å². The van der Waals surface area contributed by atoms with E-state index in [2.05, 4.69) is 5.32 Å². The standard InChI is InChI=1S/C22H26Cl2N2O4S/c1-14(2)16-4-7-20(30-3)21(12-16)31(28,29)26-10-8-15(9-11-26)22(27)25-17-5-6-18(23)19(24)13-17/h4-7,12-15H,8-11H2,1-3H3,(H,25,27). The molecule has 168 valence electrons. The van der Waals surface area contributed by atoms with E-state index in [1.165, 1.54) is 11.4 Å². The molecule has 1 fully saturated rings. The third-order valence-electron chi connectivity index (χ3n) is 5.48. The summed E-state index contributed by atoms with van der Waals surface area (Å²) in [5.74, 6) is 0.0687. The first kappa shape index (κ1) is 23.9. The predicted octanol–water partition coefficient (Wildman–Crippen LogP) is 5.16. The SMILES string of the molecule is COc1ccc(C(C)C)cc1S(=O)(=O)N1CCC(C(=O)Nc2ccc(Cl)c(Cl)c2)CC1. The van der Waals surface area contributed by atoms with Crippen LogP contribution in [0.3, 0.4) is 0 Å². The van der Waals surface area contributed by atoms with Gasteiger partial charge in [-0.25, -0.2) is 8.42 Å². The number of ether oxygens (including phenoxy) is 1. The Morgan fingerprint density at radius 3 is 2.35 bits per heavy atom. The number of rotatable bonds is 6. The summed E-state index contributed by atoms with van der Waals surface area (Å²) in [6.07, 6.45) is 0.858. The second-order valence-electron chi connectivity index (χ2n) is 7.86. The van der Waals surface area contributed by atoms with Crippen LogP contribution in [0.5, 0.6) is 5.75 Å². The van der Waals surface area contributed by atoms with Crippen molar-refractivity contribution in [3.63, 3.8) is 0 Å². The van der Waals surface area contributed by atoms with E-state index in [0.717, 1.165) is 5.56 Å². The quantitative estimate of drug-likeness (QED) is 0.613. The third-order valence-corrected chi connectivity index (χ3v) is 8.14. The Morgan fingerprint density at radius 1 is 1.10 bits per heavy atom. The number of hydrogen-bond donors (Lipinski definition) is 1. The summed E-state index contributed by atoms with van der Waals surface area (Å²) >= 11 is 11.9. The third kappa shape index (κ3) is 5.34. The van der Waals surface area contributed by atoms with E-state index in [0.29, 0.717) is 34.3 Å². The minimum Gasteiger partial charge on any atom is -0.495 e. The molecule has 1 saturated heterocycles. The molecule has 1 aliphatic rings. The van der Waals surface area contributed by atoms with Crippen LogP contribution < -0.4 is 10.1 Å². The number of benzene rings is 2. The van der Waals surface area contributed by atoms with E-state index in [1.807, 2.05) is 19.9 Å². The van der Waals surface area contributed by atoms with Crippen LogP contribution in [-0.4, -0.2) is 38.8 Å². The van der Waals surface area contributed by atoms with Crippen LogP contribution in [0.15, 0.2) is 41.3 Å². The van der Waals surface area contributed by atoms with Crippen LogP contribution in [0.2, 0.25) is 10.0 Å². The minimum absolute atomic E-state index is 0.158. The van der Waals surface area contributed by atoms with Crippen molar-refractivity contribution < 1.29 is 17.9 Å². The van der Waals surface area contributed by atoms with Gasteiger partial charge >= 0.3 is 0 Å². The van der Waals surface area contributed by atoms with Crippen LogP contribution in [0.4, 0.5) is 5.69 Å². The molecule has 0 radical (unpaired) electrons. The van der Waals surface area contributed by atoms with Crippen LogP contribution in [0.1, 0.15) is 38.2 Å². The van der Waals surface area contributed by atoms with Crippen molar-refractivity contribution in [2.24, 2.45) is 5.92 Å². The smallest absolute Gasteiger partial charge is 0.246 e. The molecule has 9 heteroatoms. The Kier molecular flexibility index (Phi) is 7.52. The highest BCUT2D eigenvalue weighted by atomic mass is 35.5. The molecule has 0 unspecified atom stereocenters. The van der Waals surface area contributed by atoms with Crippen LogP contribution in [0, 0.1) is 5.92 Å². The van der Waals surface area contributed by atoms with Crippen LogP contribution >= 0.6 is 23.2 Å². The first-order valence-corrected chi connectivity index (χ1v) is 12.3. The first-order valence-electron chi connectivity index (χ1n) is 10.1. The number of nitrogens with zero attached hydrogens (tertiary/aromatic N) is 1. The zero-order valence-corrected chi connectivity index (χ0v) is 20.0. The number of hydrogen-bond acceptors (Lipinski definition) is 4. The zero-order chi connectivity index (χ0) is 22.8. The van der Waals surface area contributed by atoms with Crippen molar-refractivity contribution in [3.8, 4) is 5.75 Å². The molecule has 0 bridgehead atoms. The van der Waals surface area contributed by atoms with Crippen LogP contribution in [0.25, 0.3) is 0 Å². The molecule has 1 amide bonds. The second-order valence-corrected chi connectivity index (χ2v) is 10.6. The first-order chi connectivity index (χ1) is 14.6. The van der Waals surface area contributed by atoms with E-state index in [-0.39, 0.29) is 35.7 Å². The van der Waals surface area contributed by atoms with Gasteiger partial charge in [0, 0.05) is 24.7 Å². The lowest BCUT2D eigenvalue weighted by atomic mass is 9.97. The number of piperidine rings is 1. The Labute approximate surface area is 193 Å². The van der Waals surface area contributed by atoms with E-state index < -0.39 is 10.0 Å². The topological polar surface area (TPSA) is 75.7 Å². The normalized spacial score (nSPS) is 15.8. The number of methoxy groups -OCH3 is 1. The molecule has 31 heavy (non-hydrogen) atoms. The highest BCUT2D eigenvalue weighted by Crippen LogP contribution is 2.33. The van der Waals surface area contributed by atoms with E-state index in [9.17, 15) is 13.2 Å². The lowest BCUT2D eigenvalue weighted by Crippen LogP contribution is -2.41. The summed E-state index contributed by atoms with van der Waals surface area (Å²) in [7, 11) is -2.27. The Morgan fingerprint density at radius 2 is 1.77 bits per heavy atom. The van der Waals surface area contributed by atoms with Gasteiger partial charge in [-0.3, -0.25) is 4.79 Å². The molecule has 6 nitrogen and oxygen atoms in total. The number of sulfonamides is 1. The fourth-order valence-electron chi connectivity index (χ4n) is 3.57. The fraction of sp³-hybridized carbons (Fsp3) is 0.409. The molecule has 0 aliphatic carbocycles. The molecule has 0 saturated carbocycles. The van der Waals surface area contributed by atoms with Crippen molar-refractivity contribution in [3.05, 3.63) is 52.0 Å². The largest absolute Gasteiger partial charge is 0.495 e. The van der Waals surface area contributed by atoms with Gasteiger partial charge in [0.25, 0.3) is 0 Å². The molecular weight excluding hydrogens is 459 g/mol. The Hall–Kier alpha value is -1.80. The van der Waals surface area contributed by atoms with E-state index in [1.54, 1.807) is 30.3 Å². The molecule has 0 spiro atoms. The van der Waals surface area contributed by atoms with Crippen molar-refractivity contribution in [2.45, 2.75) is 37.5 Å². The molecule has 0 aromatic heterocycles. The van der Waals surface area contributed by atoms with Crippen molar-refractivity contribution in [1.82, 2.24) is 4.31 Å². The second kappa shape index (κ2) is 9.77. The van der Waals surface area contributed by atoms with Gasteiger partial charge in [0.1, 0.15) is 10.6 Å². The summed E-state index contributed by atoms with van der Waals surface area (Å²) in [5.41, 5.74) is 1.49. The highest BCUT2D eigenvalue weighted by molar-refractivity contribution is 7.89. The van der Waals surface area contributed by atoms with Gasteiger partial charge in [0.15, 0.2) is 0 Å². The fourth-order valence-corrected chi connectivity index (χ4v) is 5.53. The van der Waals surface area contributed by atoms with Gasteiger partial charge in [0.05, 0.1) is 17.2 Å². The van der Waals surface area contributed by atoms with Crippen molar-refractivity contribution in [1.29, 1.82) is 0 Å². The molecule has 2 aromatic carbocycles. The van der Waals surface area contributed by atoms with Crippen molar-refractivity contribution >= 4 is 44.8 Å². The summed E-state index contributed by atoms with van der Waals surface area (Å²) in [5, 5.41) is 3.60. The number of carbonyl (C=O) groups is 1. The predicted molar refractivity (Wildman–Crippen MR) is 124 cm³/mol. The van der Waals surface area contributed by atoms with Gasteiger partial charge in [-0.1, -0.05) is 43.1 Å².